The smallest absolute Gasteiger partial charge is 0.408 e. The molecule has 1 atom stereocenters. The van der Waals surface area contributed by atoms with Crippen molar-refractivity contribution < 1.29 is 42.9 Å². The van der Waals surface area contributed by atoms with Crippen molar-refractivity contribution >= 4 is 23.9 Å². The maximum Gasteiger partial charge on any atom is 0.408 e. The predicted octanol–water partition coefficient (Wildman–Crippen LogP) is 3.44. The van der Waals surface area contributed by atoms with E-state index in [1.807, 2.05) is 12.1 Å². The summed E-state index contributed by atoms with van der Waals surface area (Å²) in [7, 11) is 4.64. The number of nitrogens with one attached hydrogen (secondary N) is 3. The molecule has 12 nitrogen and oxygen atoms in total. The molecule has 0 aliphatic heterocycles. The zero-order valence-corrected chi connectivity index (χ0v) is 25.1. The maximum atomic E-state index is 12.6. The highest BCUT2D eigenvalue weighted by Crippen LogP contribution is 2.50. The zero-order valence-electron chi connectivity index (χ0n) is 25.1. The molecule has 1 aliphatic rings. The average Bonchev–Trinajstić information content (AvgIpc) is 3.06. The Labute approximate surface area is 245 Å². The van der Waals surface area contributed by atoms with E-state index in [0.717, 1.165) is 22.3 Å². The predicted molar refractivity (Wildman–Crippen MR) is 154 cm³/mol. The van der Waals surface area contributed by atoms with Crippen molar-refractivity contribution in [2.75, 3.05) is 34.4 Å². The number of carbonyl (C=O) groups excluding carboxylic acids is 4. The third-order valence-electron chi connectivity index (χ3n) is 6.33. The average molecular weight is 586 g/mol. The Morgan fingerprint density at radius 1 is 0.952 bits per heavy atom. The number of alkyl carbamates (subject to hydrolysis) is 1. The van der Waals surface area contributed by atoms with Crippen molar-refractivity contribution in [3.05, 3.63) is 35.4 Å². The van der Waals surface area contributed by atoms with Crippen LogP contribution in [0.25, 0.3) is 11.1 Å². The van der Waals surface area contributed by atoms with Gasteiger partial charge >= 0.3 is 12.1 Å². The van der Waals surface area contributed by atoms with Gasteiger partial charge in [0.25, 0.3) is 0 Å². The SMILES string of the molecule is COc1cc2c(c(OC)c1OC)-c1ccc(OC(=O)CCNC(=O)CNC(=O)OC(C)(C)C)cc1[C@@H](NC(C)=O)CC2. The second kappa shape index (κ2) is 13.9. The van der Waals surface area contributed by atoms with Crippen LogP contribution >= 0.6 is 0 Å². The van der Waals surface area contributed by atoms with Crippen LogP contribution in [0.2, 0.25) is 0 Å². The maximum absolute atomic E-state index is 12.6. The molecule has 0 heterocycles. The first kappa shape index (κ1) is 32.0. The van der Waals surface area contributed by atoms with E-state index >= 15 is 0 Å². The third kappa shape index (κ3) is 8.27. The second-order valence-electron chi connectivity index (χ2n) is 10.6. The number of hydrogen-bond donors (Lipinski definition) is 3. The fourth-order valence-corrected chi connectivity index (χ4v) is 4.69. The fourth-order valence-electron chi connectivity index (χ4n) is 4.69. The molecule has 0 bridgehead atoms. The number of amides is 3. The van der Waals surface area contributed by atoms with Gasteiger partial charge in [-0.2, -0.15) is 0 Å². The summed E-state index contributed by atoms with van der Waals surface area (Å²) in [5.74, 6) is 0.528. The normalized spacial score (nSPS) is 13.8. The van der Waals surface area contributed by atoms with Gasteiger partial charge in [-0.1, -0.05) is 6.07 Å². The van der Waals surface area contributed by atoms with Gasteiger partial charge in [-0.15, -0.1) is 0 Å². The Kier molecular flexibility index (Phi) is 10.6. The second-order valence-corrected chi connectivity index (χ2v) is 10.6. The number of methoxy groups -OCH3 is 3. The Morgan fingerprint density at radius 3 is 2.29 bits per heavy atom. The number of aryl methyl sites for hydroxylation is 1. The summed E-state index contributed by atoms with van der Waals surface area (Å²) in [6.45, 7) is 6.32. The minimum atomic E-state index is -0.712. The number of hydrogen-bond acceptors (Lipinski definition) is 9. The number of benzene rings is 2. The van der Waals surface area contributed by atoms with Crippen LogP contribution in [0.5, 0.6) is 23.0 Å². The lowest BCUT2D eigenvalue weighted by Gasteiger charge is -2.21. The monoisotopic (exact) mass is 585 g/mol. The lowest BCUT2D eigenvalue weighted by atomic mass is 9.93. The Morgan fingerprint density at radius 2 is 1.67 bits per heavy atom. The van der Waals surface area contributed by atoms with Gasteiger partial charge in [0.05, 0.1) is 40.3 Å². The fraction of sp³-hybridized carbons (Fsp3) is 0.467. The summed E-state index contributed by atoms with van der Waals surface area (Å²) < 4.78 is 27.6. The van der Waals surface area contributed by atoms with Crippen LogP contribution in [0.3, 0.4) is 0 Å². The van der Waals surface area contributed by atoms with E-state index in [1.165, 1.54) is 14.0 Å². The summed E-state index contributed by atoms with van der Waals surface area (Å²) >= 11 is 0. The van der Waals surface area contributed by atoms with Crippen molar-refractivity contribution in [3.63, 3.8) is 0 Å². The number of carbonyl (C=O) groups is 4. The zero-order chi connectivity index (χ0) is 31.0. The van der Waals surface area contributed by atoms with Crippen molar-refractivity contribution in [2.24, 2.45) is 0 Å². The van der Waals surface area contributed by atoms with Crippen molar-refractivity contribution in [3.8, 4) is 34.1 Å². The van der Waals surface area contributed by atoms with E-state index in [0.29, 0.717) is 30.1 Å². The number of esters is 1. The van der Waals surface area contributed by atoms with Gasteiger partial charge in [0, 0.05) is 19.0 Å². The van der Waals surface area contributed by atoms with Crippen LogP contribution in [0, 0.1) is 0 Å². The molecule has 0 spiro atoms. The molecule has 12 heteroatoms. The topological polar surface area (TPSA) is 151 Å². The van der Waals surface area contributed by atoms with E-state index in [4.69, 9.17) is 23.7 Å². The largest absolute Gasteiger partial charge is 0.493 e. The van der Waals surface area contributed by atoms with E-state index < -0.39 is 23.6 Å². The van der Waals surface area contributed by atoms with Crippen molar-refractivity contribution in [2.45, 2.75) is 58.6 Å². The first-order valence-electron chi connectivity index (χ1n) is 13.5. The highest BCUT2D eigenvalue weighted by molar-refractivity contribution is 5.85. The summed E-state index contributed by atoms with van der Waals surface area (Å²) in [5, 5.41) is 7.91. The lowest BCUT2D eigenvalue weighted by Crippen LogP contribution is -2.40. The highest BCUT2D eigenvalue weighted by atomic mass is 16.6. The third-order valence-corrected chi connectivity index (χ3v) is 6.33. The molecule has 0 saturated heterocycles. The van der Waals surface area contributed by atoms with Crippen LogP contribution in [0.1, 0.15) is 57.7 Å². The van der Waals surface area contributed by atoms with Crippen LogP contribution in [0.15, 0.2) is 24.3 Å². The Balaban J connectivity index is 1.76. The molecule has 42 heavy (non-hydrogen) atoms. The highest BCUT2D eigenvalue weighted by Gasteiger charge is 2.30. The standard InChI is InChI=1S/C30H39N3O9/c1-17(34)33-22-11-8-18-14-23(38-5)27(39-6)28(40-7)26(18)20-10-9-19(15-21(20)22)41-25(36)12-13-31-24(35)16-32-29(37)42-30(2,3)4/h9-10,14-15,22H,8,11-13,16H2,1-7H3,(H,31,35)(H,32,37)(H,33,34)/t22-/m0/s1. The summed E-state index contributed by atoms with van der Waals surface area (Å²) in [5.41, 5.74) is 2.63. The first-order valence-corrected chi connectivity index (χ1v) is 13.5. The summed E-state index contributed by atoms with van der Waals surface area (Å²) in [6, 6.07) is 6.75. The van der Waals surface area contributed by atoms with E-state index in [9.17, 15) is 19.2 Å². The molecular weight excluding hydrogens is 546 g/mol. The molecule has 3 N–H and O–H groups in total. The quantitative estimate of drug-likeness (QED) is 0.281. The minimum absolute atomic E-state index is 0.0132. The van der Waals surface area contributed by atoms with Gasteiger partial charge < -0.3 is 39.6 Å². The first-order chi connectivity index (χ1) is 19.9. The molecule has 0 unspecified atom stereocenters. The molecule has 0 aromatic heterocycles. The van der Waals surface area contributed by atoms with Crippen LogP contribution < -0.4 is 34.9 Å². The van der Waals surface area contributed by atoms with Crippen LogP contribution in [-0.4, -0.2) is 63.9 Å². The van der Waals surface area contributed by atoms with E-state index in [1.54, 1.807) is 47.1 Å². The van der Waals surface area contributed by atoms with Crippen molar-refractivity contribution in [1.29, 1.82) is 0 Å². The van der Waals surface area contributed by atoms with Gasteiger partial charge in [-0.05, 0) is 68.5 Å². The Hall–Kier alpha value is -4.48. The number of fused-ring (bicyclic) bond motifs is 3. The molecule has 0 saturated carbocycles. The molecule has 3 amide bonds. The van der Waals surface area contributed by atoms with Gasteiger partial charge in [-0.3, -0.25) is 14.4 Å². The molecule has 0 fully saturated rings. The van der Waals surface area contributed by atoms with Gasteiger partial charge in [0.2, 0.25) is 17.6 Å². The van der Waals surface area contributed by atoms with Gasteiger partial charge in [0.15, 0.2) is 11.5 Å². The molecule has 3 rings (SSSR count). The molecule has 2 aromatic rings. The molecule has 0 radical (unpaired) electrons. The number of ether oxygens (including phenoxy) is 5. The van der Waals surface area contributed by atoms with Gasteiger partial charge in [-0.25, -0.2) is 4.79 Å². The van der Waals surface area contributed by atoms with E-state index in [2.05, 4.69) is 16.0 Å². The van der Waals surface area contributed by atoms with Crippen molar-refractivity contribution in [1.82, 2.24) is 16.0 Å². The van der Waals surface area contributed by atoms with E-state index in [-0.39, 0.29) is 37.2 Å². The molecule has 1 aliphatic carbocycles. The summed E-state index contributed by atoms with van der Waals surface area (Å²) in [4.78, 5) is 48.4. The van der Waals surface area contributed by atoms with Gasteiger partial charge in [0.1, 0.15) is 11.4 Å². The lowest BCUT2D eigenvalue weighted by molar-refractivity contribution is -0.134. The molecular formula is C30H39N3O9. The van der Waals surface area contributed by atoms with Crippen LogP contribution in [-0.2, 0) is 25.5 Å². The Bertz CT molecular complexity index is 1330. The molecule has 2 aromatic carbocycles. The minimum Gasteiger partial charge on any atom is -0.493 e. The summed E-state index contributed by atoms with van der Waals surface area (Å²) in [6.07, 6.45) is 0.385. The van der Waals surface area contributed by atoms with Crippen LogP contribution in [0.4, 0.5) is 4.79 Å². The molecule has 228 valence electrons. The number of rotatable bonds is 10.